The van der Waals surface area contributed by atoms with E-state index >= 15 is 0 Å². The van der Waals surface area contributed by atoms with Gasteiger partial charge in [0.15, 0.2) is 0 Å². The molecule has 0 saturated heterocycles. The van der Waals surface area contributed by atoms with E-state index in [0.29, 0.717) is 0 Å². The minimum absolute atomic E-state index is 0.872. The summed E-state index contributed by atoms with van der Waals surface area (Å²) in [5, 5.41) is 8.33. The van der Waals surface area contributed by atoms with Crippen LogP contribution in [0.4, 0.5) is 0 Å². The normalized spacial score (nSPS) is 11.9. The van der Waals surface area contributed by atoms with Gasteiger partial charge in [-0.25, -0.2) is 4.98 Å². The van der Waals surface area contributed by atoms with Crippen molar-refractivity contribution >= 4 is 75.1 Å². The molecule has 10 rings (SSSR count). The van der Waals surface area contributed by atoms with E-state index in [1.54, 1.807) is 0 Å². The van der Waals surface area contributed by atoms with Crippen LogP contribution in [0.2, 0.25) is 0 Å². The molecule has 214 valence electrons. The first-order chi connectivity index (χ1) is 22.8. The van der Waals surface area contributed by atoms with Crippen LogP contribution in [0.3, 0.4) is 0 Å². The lowest BCUT2D eigenvalue weighted by Gasteiger charge is -2.16. The van der Waals surface area contributed by atoms with Crippen molar-refractivity contribution < 1.29 is 4.42 Å². The molecule has 2 nitrogen and oxygen atoms in total. The summed E-state index contributed by atoms with van der Waals surface area (Å²) in [4.78, 5) is 5.22. The molecule has 0 bridgehead atoms. The highest BCUT2D eigenvalue weighted by Gasteiger charge is 2.21. The van der Waals surface area contributed by atoms with Gasteiger partial charge in [0, 0.05) is 58.2 Å². The quantitative estimate of drug-likeness (QED) is 0.188. The number of aromatic nitrogens is 1. The molecule has 0 fully saturated rings. The van der Waals surface area contributed by atoms with Crippen molar-refractivity contribution in [2.75, 3.05) is 0 Å². The number of fused-ring (bicyclic) bond motifs is 9. The summed E-state index contributed by atoms with van der Waals surface area (Å²) in [7, 11) is 0. The molecule has 0 aliphatic rings. The lowest BCUT2D eigenvalue weighted by molar-refractivity contribution is 0.669. The summed E-state index contributed by atoms with van der Waals surface area (Å²) in [6.07, 6.45) is 0. The molecular formula is C43H25NOS. The number of rotatable bonds is 3. The Hall–Kier alpha value is -5.77. The first-order valence-electron chi connectivity index (χ1n) is 15.5. The van der Waals surface area contributed by atoms with Crippen molar-refractivity contribution in [3.8, 4) is 33.5 Å². The van der Waals surface area contributed by atoms with Crippen molar-refractivity contribution in [3.63, 3.8) is 0 Å². The summed E-state index contributed by atoms with van der Waals surface area (Å²) in [6, 6.07) is 54.2. The van der Waals surface area contributed by atoms with Crippen LogP contribution in [0.5, 0.6) is 0 Å². The summed E-state index contributed by atoms with van der Waals surface area (Å²) in [5.41, 5.74) is 9.56. The fourth-order valence-electron chi connectivity index (χ4n) is 7.16. The molecule has 7 aromatic carbocycles. The molecule has 0 atom stereocenters. The lowest BCUT2D eigenvalue weighted by Crippen LogP contribution is -1.93. The average molecular weight is 604 g/mol. The monoisotopic (exact) mass is 603 g/mol. The smallest absolute Gasteiger partial charge is 0.136 e. The summed E-state index contributed by atoms with van der Waals surface area (Å²) >= 11 is 1.86. The van der Waals surface area contributed by atoms with E-state index in [-0.39, 0.29) is 0 Å². The number of benzene rings is 7. The largest absolute Gasteiger partial charge is 0.456 e. The molecule has 3 heterocycles. The third kappa shape index (κ3) is 3.79. The SMILES string of the molecule is c1ccc(-c2nc3ccccc3c3c(-c4ccc(-c5ccc6c(c5)sc5ccccc56)cc4)c4c(cc23)oc2ccccc24)cc1. The van der Waals surface area contributed by atoms with Crippen LogP contribution in [0, 0.1) is 0 Å². The van der Waals surface area contributed by atoms with Crippen molar-refractivity contribution in [1.29, 1.82) is 0 Å². The molecular weight excluding hydrogens is 579 g/mol. The number of para-hydroxylation sites is 2. The number of nitrogens with zero attached hydrogens (tertiary/aromatic N) is 1. The molecule has 0 spiro atoms. The number of hydrogen-bond acceptors (Lipinski definition) is 3. The van der Waals surface area contributed by atoms with E-state index in [1.165, 1.54) is 42.2 Å². The van der Waals surface area contributed by atoms with Gasteiger partial charge in [0.25, 0.3) is 0 Å². The average Bonchev–Trinajstić information content (AvgIpc) is 3.68. The van der Waals surface area contributed by atoms with Gasteiger partial charge < -0.3 is 4.42 Å². The van der Waals surface area contributed by atoms with Gasteiger partial charge in [0.05, 0.1) is 11.2 Å². The van der Waals surface area contributed by atoms with E-state index < -0.39 is 0 Å². The molecule has 0 aliphatic carbocycles. The highest BCUT2D eigenvalue weighted by Crippen LogP contribution is 2.46. The summed E-state index contributed by atoms with van der Waals surface area (Å²) < 4.78 is 9.20. The van der Waals surface area contributed by atoms with E-state index in [0.717, 1.165) is 55.0 Å². The maximum absolute atomic E-state index is 6.56. The van der Waals surface area contributed by atoms with Crippen molar-refractivity contribution in [1.82, 2.24) is 4.98 Å². The maximum Gasteiger partial charge on any atom is 0.136 e. The van der Waals surface area contributed by atoms with Gasteiger partial charge >= 0.3 is 0 Å². The first-order valence-corrected chi connectivity index (χ1v) is 16.4. The summed E-state index contributed by atoms with van der Waals surface area (Å²) in [6.45, 7) is 0. The van der Waals surface area contributed by atoms with Gasteiger partial charge in [-0.3, -0.25) is 0 Å². The fraction of sp³-hybridized carbons (Fsp3) is 0. The van der Waals surface area contributed by atoms with Crippen LogP contribution in [0.25, 0.3) is 97.3 Å². The fourth-order valence-corrected chi connectivity index (χ4v) is 8.30. The Kier molecular flexibility index (Phi) is 5.48. The van der Waals surface area contributed by atoms with Gasteiger partial charge in [0.1, 0.15) is 11.2 Å². The Morgan fingerprint density at radius 1 is 0.413 bits per heavy atom. The molecule has 0 saturated carbocycles. The topological polar surface area (TPSA) is 26.0 Å². The van der Waals surface area contributed by atoms with Crippen LogP contribution < -0.4 is 0 Å². The zero-order valence-electron chi connectivity index (χ0n) is 24.7. The molecule has 0 N–H and O–H groups in total. The third-order valence-corrected chi connectivity index (χ3v) is 10.4. The molecule has 46 heavy (non-hydrogen) atoms. The van der Waals surface area contributed by atoms with E-state index in [9.17, 15) is 0 Å². The number of hydrogen-bond donors (Lipinski definition) is 0. The first kappa shape index (κ1) is 25.5. The van der Waals surface area contributed by atoms with Crippen LogP contribution in [-0.2, 0) is 0 Å². The minimum Gasteiger partial charge on any atom is -0.456 e. The van der Waals surface area contributed by atoms with E-state index in [4.69, 9.17) is 9.40 Å². The Morgan fingerprint density at radius 2 is 1.09 bits per heavy atom. The van der Waals surface area contributed by atoms with E-state index in [2.05, 4.69) is 146 Å². The Morgan fingerprint density at radius 3 is 1.96 bits per heavy atom. The van der Waals surface area contributed by atoms with Crippen molar-refractivity contribution in [2.24, 2.45) is 0 Å². The standard InChI is InChI=1S/C43H25NOS/c1-2-10-28(11-3-1)43-34-25-37-42(33-14-5-8-16-36(33)45-37)40(41(34)32-13-4-7-15-35(32)44-43)27-20-18-26(19-21-27)29-22-23-31-30-12-6-9-17-38(30)46-39(31)24-29/h1-25H. The zero-order valence-corrected chi connectivity index (χ0v) is 25.5. The summed E-state index contributed by atoms with van der Waals surface area (Å²) in [5.74, 6) is 0. The predicted octanol–water partition coefficient (Wildman–Crippen LogP) is 12.7. The Labute approximate surface area is 268 Å². The van der Waals surface area contributed by atoms with Crippen LogP contribution >= 0.6 is 11.3 Å². The second-order valence-corrected chi connectivity index (χ2v) is 13.0. The number of furan rings is 1. The van der Waals surface area contributed by atoms with Gasteiger partial charge in [-0.05, 0) is 47.0 Å². The molecule has 0 radical (unpaired) electrons. The molecule has 10 aromatic rings. The number of pyridine rings is 1. The predicted molar refractivity (Wildman–Crippen MR) is 196 cm³/mol. The van der Waals surface area contributed by atoms with Gasteiger partial charge in [0.2, 0.25) is 0 Å². The zero-order chi connectivity index (χ0) is 30.2. The lowest BCUT2D eigenvalue weighted by atomic mass is 9.89. The Bertz CT molecular complexity index is 2790. The van der Waals surface area contributed by atoms with E-state index in [1.807, 2.05) is 17.4 Å². The second-order valence-electron chi connectivity index (χ2n) is 11.9. The maximum atomic E-state index is 6.56. The molecule has 0 unspecified atom stereocenters. The van der Waals surface area contributed by atoms with Gasteiger partial charge in [-0.1, -0.05) is 121 Å². The Balaban J connectivity index is 1.26. The van der Waals surface area contributed by atoms with Crippen molar-refractivity contribution in [3.05, 3.63) is 152 Å². The molecule has 3 heteroatoms. The highest BCUT2D eigenvalue weighted by molar-refractivity contribution is 7.25. The number of thiophene rings is 1. The van der Waals surface area contributed by atoms with Crippen molar-refractivity contribution in [2.45, 2.75) is 0 Å². The third-order valence-electron chi connectivity index (χ3n) is 9.26. The van der Waals surface area contributed by atoms with Gasteiger partial charge in [-0.2, -0.15) is 0 Å². The second kappa shape index (κ2) is 9.87. The highest BCUT2D eigenvalue weighted by atomic mass is 32.1. The van der Waals surface area contributed by atoms with Crippen LogP contribution in [0.1, 0.15) is 0 Å². The molecule has 0 aliphatic heterocycles. The van der Waals surface area contributed by atoms with Crippen LogP contribution in [0.15, 0.2) is 156 Å². The molecule has 3 aromatic heterocycles. The molecule has 0 amide bonds. The minimum atomic E-state index is 0.872. The van der Waals surface area contributed by atoms with Crippen LogP contribution in [-0.4, -0.2) is 4.98 Å². The van der Waals surface area contributed by atoms with Gasteiger partial charge in [-0.15, -0.1) is 11.3 Å².